The topological polar surface area (TPSA) is 63.3 Å². The highest BCUT2D eigenvalue weighted by Crippen LogP contribution is 2.25. The summed E-state index contributed by atoms with van der Waals surface area (Å²) in [6, 6.07) is 4.55. The number of rotatable bonds is 2. The number of hydrogen-bond acceptors (Lipinski definition) is 2. The van der Waals surface area contributed by atoms with Gasteiger partial charge in [0.1, 0.15) is 0 Å². The summed E-state index contributed by atoms with van der Waals surface area (Å²) in [4.78, 5) is 10.7. The Labute approximate surface area is 93.3 Å². The molecule has 0 heterocycles. The van der Waals surface area contributed by atoms with Crippen molar-refractivity contribution in [2.24, 2.45) is 5.73 Å². The summed E-state index contributed by atoms with van der Waals surface area (Å²) >= 11 is 5.84. The van der Waals surface area contributed by atoms with Crippen LogP contribution >= 0.6 is 24.0 Å². The molecular weight excluding hydrogens is 225 g/mol. The Morgan fingerprint density at radius 2 is 2.14 bits per heavy atom. The molecule has 0 aliphatic carbocycles. The van der Waals surface area contributed by atoms with E-state index in [9.17, 15) is 4.79 Å². The molecule has 0 aromatic heterocycles. The van der Waals surface area contributed by atoms with E-state index in [4.69, 9.17) is 22.4 Å². The summed E-state index contributed by atoms with van der Waals surface area (Å²) < 4.78 is 0. The molecule has 0 aliphatic rings. The number of carboxylic acids is 1. The Bertz CT molecular complexity index is 340. The third-order valence-corrected chi connectivity index (χ3v) is 2.17. The maximum absolute atomic E-state index is 10.7. The van der Waals surface area contributed by atoms with Gasteiger partial charge in [-0.05, 0) is 18.6 Å². The molecule has 0 saturated carbocycles. The van der Waals surface area contributed by atoms with E-state index < -0.39 is 5.97 Å². The fourth-order valence-corrected chi connectivity index (χ4v) is 1.45. The summed E-state index contributed by atoms with van der Waals surface area (Å²) in [5, 5.41) is 8.97. The van der Waals surface area contributed by atoms with Gasteiger partial charge in [-0.2, -0.15) is 0 Å². The second kappa shape index (κ2) is 5.20. The van der Waals surface area contributed by atoms with Crippen LogP contribution in [0.2, 0.25) is 5.02 Å². The van der Waals surface area contributed by atoms with Crippen molar-refractivity contribution in [1.29, 1.82) is 0 Å². The van der Waals surface area contributed by atoms with E-state index >= 15 is 0 Å². The first kappa shape index (κ1) is 13.2. The fraction of sp³-hybridized carbons (Fsp3) is 0.222. The Morgan fingerprint density at radius 1 is 1.57 bits per heavy atom. The Hall–Kier alpha value is -0.770. The maximum Gasteiger partial charge on any atom is 0.337 e. The Kier molecular flexibility index (Phi) is 4.91. The second-order valence-corrected chi connectivity index (χ2v) is 3.18. The third-order valence-electron chi connectivity index (χ3n) is 1.75. The van der Waals surface area contributed by atoms with E-state index in [0.717, 1.165) is 0 Å². The Morgan fingerprint density at radius 3 is 2.57 bits per heavy atom. The second-order valence-electron chi connectivity index (χ2n) is 2.80. The fourth-order valence-electron chi connectivity index (χ4n) is 1.07. The average Bonchev–Trinajstić information content (AvgIpc) is 2.03. The molecule has 0 amide bonds. The lowest BCUT2D eigenvalue weighted by atomic mass is 10.1. The van der Waals surface area contributed by atoms with Crippen LogP contribution in [-0.2, 0) is 0 Å². The summed E-state index contributed by atoms with van der Waals surface area (Å²) in [6.07, 6.45) is 0. The van der Waals surface area contributed by atoms with Gasteiger partial charge in [-0.15, -0.1) is 12.4 Å². The number of carboxylic acid groups (broad SMARTS) is 1. The molecule has 0 unspecified atom stereocenters. The lowest BCUT2D eigenvalue weighted by Gasteiger charge is -2.09. The molecule has 1 aromatic carbocycles. The molecule has 0 aliphatic heterocycles. The van der Waals surface area contributed by atoms with Crippen LogP contribution in [0.5, 0.6) is 0 Å². The van der Waals surface area contributed by atoms with Gasteiger partial charge in [0, 0.05) is 6.04 Å². The molecule has 0 saturated heterocycles. The number of benzene rings is 1. The van der Waals surface area contributed by atoms with Gasteiger partial charge in [-0.25, -0.2) is 4.79 Å². The third kappa shape index (κ3) is 2.61. The summed E-state index contributed by atoms with van der Waals surface area (Å²) in [6.45, 7) is 1.76. The van der Waals surface area contributed by atoms with Crippen molar-refractivity contribution in [3.8, 4) is 0 Å². The first-order valence-electron chi connectivity index (χ1n) is 3.81. The van der Waals surface area contributed by atoms with Gasteiger partial charge < -0.3 is 10.8 Å². The highest BCUT2D eigenvalue weighted by Gasteiger charge is 2.13. The van der Waals surface area contributed by atoms with Gasteiger partial charge in [0.15, 0.2) is 0 Å². The molecule has 0 bridgehead atoms. The van der Waals surface area contributed by atoms with Crippen molar-refractivity contribution in [2.75, 3.05) is 0 Å². The van der Waals surface area contributed by atoms with E-state index in [2.05, 4.69) is 0 Å². The molecule has 3 nitrogen and oxygen atoms in total. The van der Waals surface area contributed by atoms with Crippen LogP contribution in [0.1, 0.15) is 28.9 Å². The predicted molar refractivity (Wildman–Crippen MR) is 58.3 cm³/mol. The van der Waals surface area contributed by atoms with Crippen molar-refractivity contribution in [3.63, 3.8) is 0 Å². The Balaban J connectivity index is 0.00000169. The van der Waals surface area contributed by atoms with Crippen molar-refractivity contribution < 1.29 is 9.90 Å². The van der Waals surface area contributed by atoms with Gasteiger partial charge in [0.05, 0.1) is 10.6 Å². The largest absolute Gasteiger partial charge is 0.478 e. The number of carbonyl (C=O) groups is 1. The van der Waals surface area contributed by atoms with Gasteiger partial charge in [-0.1, -0.05) is 23.7 Å². The minimum atomic E-state index is -1.03. The monoisotopic (exact) mass is 235 g/mol. The van der Waals surface area contributed by atoms with Gasteiger partial charge in [0.25, 0.3) is 0 Å². The number of halogens is 2. The summed E-state index contributed by atoms with van der Waals surface area (Å²) in [7, 11) is 0. The SMILES string of the molecule is C[C@H](N)c1cccc(C(=O)O)c1Cl.Cl. The van der Waals surface area contributed by atoms with E-state index in [0.29, 0.717) is 5.56 Å². The molecular formula is C9H11Cl2NO2. The zero-order valence-corrected chi connectivity index (χ0v) is 9.10. The van der Waals surface area contributed by atoms with Gasteiger partial charge in [-0.3, -0.25) is 0 Å². The molecule has 3 N–H and O–H groups in total. The minimum Gasteiger partial charge on any atom is -0.478 e. The highest BCUT2D eigenvalue weighted by molar-refractivity contribution is 6.34. The number of nitrogens with two attached hydrogens (primary N) is 1. The molecule has 14 heavy (non-hydrogen) atoms. The summed E-state index contributed by atoms with van der Waals surface area (Å²) in [5.74, 6) is -1.03. The van der Waals surface area contributed by atoms with Crippen molar-refractivity contribution in [2.45, 2.75) is 13.0 Å². The number of aromatic carboxylic acids is 1. The van der Waals surface area contributed by atoms with E-state index in [1.165, 1.54) is 6.07 Å². The zero-order valence-electron chi connectivity index (χ0n) is 7.53. The molecule has 0 spiro atoms. The van der Waals surface area contributed by atoms with Gasteiger partial charge >= 0.3 is 5.97 Å². The van der Waals surface area contributed by atoms with Crippen LogP contribution in [0.4, 0.5) is 0 Å². The van der Waals surface area contributed by atoms with Crippen LogP contribution in [0.15, 0.2) is 18.2 Å². The molecule has 0 radical (unpaired) electrons. The van der Waals surface area contributed by atoms with Crippen LogP contribution < -0.4 is 5.73 Å². The number of hydrogen-bond donors (Lipinski definition) is 2. The molecule has 1 atom stereocenters. The normalized spacial score (nSPS) is 11.6. The molecule has 0 fully saturated rings. The lowest BCUT2D eigenvalue weighted by molar-refractivity contribution is 0.0697. The maximum atomic E-state index is 10.7. The van der Waals surface area contributed by atoms with Crippen LogP contribution in [0, 0.1) is 0 Å². The first-order chi connectivity index (χ1) is 6.04. The van der Waals surface area contributed by atoms with E-state index in [-0.39, 0.29) is 29.0 Å². The van der Waals surface area contributed by atoms with E-state index in [1.54, 1.807) is 19.1 Å². The lowest BCUT2D eigenvalue weighted by Crippen LogP contribution is -2.08. The predicted octanol–water partition coefficient (Wildman–Crippen LogP) is 2.48. The smallest absolute Gasteiger partial charge is 0.337 e. The molecule has 5 heteroatoms. The standard InChI is InChI=1S/C9H10ClNO2.ClH/c1-5(11)6-3-2-4-7(8(6)10)9(12)13;/h2-5H,11H2,1H3,(H,12,13);1H/t5-;/m0./s1. The quantitative estimate of drug-likeness (QED) is 0.828. The molecule has 78 valence electrons. The van der Waals surface area contributed by atoms with Crippen LogP contribution in [0.25, 0.3) is 0 Å². The molecule has 1 aromatic rings. The minimum absolute atomic E-state index is 0. The first-order valence-corrected chi connectivity index (χ1v) is 4.19. The highest BCUT2D eigenvalue weighted by atomic mass is 35.5. The molecule has 1 rings (SSSR count). The van der Waals surface area contributed by atoms with Crippen molar-refractivity contribution in [1.82, 2.24) is 0 Å². The average molecular weight is 236 g/mol. The van der Waals surface area contributed by atoms with Gasteiger partial charge in [0.2, 0.25) is 0 Å². The zero-order chi connectivity index (χ0) is 10.0. The summed E-state index contributed by atoms with van der Waals surface area (Å²) in [5.41, 5.74) is 6.35. The van der Waals surface area contributed by atoms with Crippen molar-refractivity contribution >= 4 is 30.0 Å². The van der Waals surface area contributed by atoms with E-state index in [1.807, 2.05) is 0 Å². The van der Waals surface area contributed by atoms with Crippen LogP contribution in [0.3, 0.4) is 0 Å². The van der Waals surface area contributed by atoms with Crippen LogP contribution in [-0.4, -0.2) is 11.1 Å². The van der Waals surface area contributed by atoms with Crippen molar-refractivity contribution in [3.05, 3.63) is 34.3 Å².